The van der Waals surface area contributed by atoms with E-state index in [1.807, 2.05) is 32.1 Å². The van der Waals surface area contributed by atoms with E-state index in [4.69, 9.17) is 9.15 Å². The van der Waals surface area contributed by atoms with E-state index < -0.39 is 0 Å². The van der Waals surface area contributed by atoms with Crippen LogP contribution in [0.5, 0.6) is 5.75 Å². The quantitative estimate of drug-likeness (QED) is 0.623. The molecule has 0 unspecified atom stereocenters. The fraction of sp³-hybridized carbons (Fsp3) is 0.182. The van der Waals surface area contributed by atoms with E-state index in [1.54, 1.807) is 30.3 Å². The van der Waals surface area contributed by atoms with Crippen LogP contribution in [0.2, 0.25) is 0 Å². The van der Waals surface area contributed by atoms with Gasteiger partial charge in [0.05, 0.1) is 16.5 Å². The minimum absolute atomic E-state index is 0.0107. The predicted molar refractivity (Wildman–Crippen MR) is 102 cm³/mol. The number of hydrogen-bond acceptors (Lipinski definition) is 4. The number of ketones is 1. The van der Waals surface area contributed by atoms with Crippen LogP contribution in [0.3, 0.4) is 0 Å². The molecule has 0 amide bonds. The molecule has 4 heteroatoms. The number of hydrogen-bond donors (Lipinski definition) is 0. The van der Waals surface area contributed by atoms with E-state index in [0.717, 1.165) is 11.1 Å². The molecule has 0 bridgehead atoms. The van der Waals surface area contributed by atoms with Crippen LogP contribution in [0, 0.1) is 0 Å². The van der Waals surface area contributed by atoms with Crippen molar-refractivity contribution in [1.82, 2.24) is 0 Å². The van der Waals surface area contributed by atoms with E-state index in [2.05, 4.69) is 0 Å². The lowest BCUT2D eigenvalue weighted by atomic mass is 9.99. The van der Waals surface area contributed by atoms with Crippen LogP contribution in [0.25, 0.3) is 28.2 Å². The number of benzene rings is 2. The maximum atomic E-state index is 13.0. The van der Waals surface area contributed by atoms with Crippen LogP contribution in [-0.2, 0) is 0 Å². The van der Waals surface area contributed by atoms with Gasteiger partial charge in [-0.25, -0.2) is 0 Å². The number of Topliss-reactive ketones (excluding diaryl/α,β-unsaturated/α-hetero) is 1. The van der Waals surface area contributed by atoms with Gasteiger partial charge in [-0.2, -0.15) is 0 Å². The van der Waals surface area contributed by atoms with Crippen LogP contribution >= 0.6 is 0 Å². The Balaban J connectivity index is 1.86. The number of carbonyl (C=O) groups is 1. The molecule has 2 aromatic carbocycles. The Hall–Kier alpha value is -3.14. The monoisotopic (exact) mass is 346 g/mol. The molecule has 1 aliphatic heterocycles. The lowest BCUT2D eigenvalue weighted by Gasteiger charge is -2.27. The molecule has 0 saturated carbocycles. The number of ether oxygens (including phenoxy) is 1. The van der Waals surface area contributed by atoms with Crippen LogP contribution in [0.15, 0.2) is 57.9 Å². The first-order valence-corrected chi connectivity index (χ1v) is 8.44. The molecule has 0 spiro atoms. The summed E-state index contributed by atoms with van der Waals surface area (Å²) in [7, 11) is 0. The average Bonchev–Trinajstić information content (AvgIpc) is 2.61. The summed E-state index contributed by atoms with van der Waals surface area (Å²) in [5.74, 6) is 0.690. The summed E-state index contributed by atoms with van der Waals surface area (Å²) in [5.41, 5.74) is 2.59. The van der Waals surface area contributed by atoms with Crippen molar-refractivity contribution in [2.75, 3.05) is 0 Å². The van der Waals surface area contributed by atoms with Gasteiger partial charge in [-0.3, -0.25) is 9.59 Å². The largest absolute Gasteiger partial charge is 0.483 e. The molecule has 0 saturated heterocycles. The zero-order valence-corrected chi connectivity index (χ0v) is 14.8. The Morgan fingerprint density at radius 2 is 1.77 bits per heavy atom. The molecule has 0 fully saturated rings. The van der Waals surface area contributed by atoms with E-state index in [9.17, 15) is 9.59 Å². The Kier molecular flexibility index (Phi) is 3.58. The molecule has 130 valence electrons. The topological polar surface area (TPSA) is 56.5 Å². The van der Waals surface area contributed by atoms with Crippen molar-refractivity contribution in [3.05, 3.63) is 70.1 Å². The van der Waals surface area contributed by atoms with E-state index >= 15 is 0 Å². The first-order chi connectivity index (χ1) is 12.4. The predicted octanol–water partition coefficient (Wildman–Crippen LogP) is 4.85. The normalized spacial score (nSPS) is 14.7. The summed E-state index contributed by atoms with van der Waals surface area (Å²) < 4.78 is 11.8. The second-order valence-corrected chi connectivity index (χ2v) is 7.00. The minimum atomic E-state index is -0.390. The Morgan fingerprint density at radius 3 is 2.46 bits per heavy atom. The van der Waals surface area contributed by atoms with Crippen LogP contribution in [0.1, 0.15) is 36.7 Å². The highest BCUT2D eigenvalue weighted by molar-refractivity contribution is 5.95. The standard InChI is InChI=1S/C22H18O4/c1-13(23)14-4-6-15(7-5-14)18-12-25-21-16-10-11-22(2,3)26-19(16)9-8-17(21)20(18)24/h4-12H,1-3H3. The second kappa shape index (κ2) is 5.70. The summed E-state index contributed by atoms with van der Waals surface area (Å²) >= 11 is 0. The van der Waals surface area contributed by atoms with Crippen LogP contribution in [0.4, 0.5) is 0 Å². The molecular weight excluding hydrogens is 328 g/mol. The molecule has 4 rings (SSSR count). The van der Waals surface area contributed by atoms with E-state index in [0.29, 0.717) is 27.8 Å². The number of fused-ring (bicyclic) bond motifs is 3. The third-order valence-electron chi connectivity index (χ3n) is 4.57. The van der Waals surface area contributed by atoms with Crippen molar-refractivity contribution in [3.8, 4) is 16.9 Å². The Labute approximate surface area is 150 Å². The fourth-order valence-electron chi connectivity index (χ4n) is 3.14. The zero-order chi connectivity index (χ0) is 18.5. The van der Waals surface area contributed by atoms with E-state index in [1.165, 1.54) is 13.2 Å². The molecule has 0 N–H and O–H groups in total. The molecular formula is C22H18O4. The maximum absolute atomic E-state index is 13.0. The number of rotatable bonds is 2. The van der Waals surface area contributed by atoms with Gasteiger partial charge >= 0.3 is 0 Å². The van der Waals surface area contributed by atoms with Gasteiger partial charge in [0.25, 0.3) is 0 Å². The van der Waals surface area contributed by atoms with Crippen molar-refractivity contribution >= 4 is 22.8 Å². The Bertz CT molecular complexity index is 1120. The summed E-state index contributed by atoms with van der Waals surface area (Å²) in [4.78, 5) is 24.4. The van der Waals surface area contributed by atoms with Gasteiger partial charge in [-0.1, -0.05) is 24.3 Å². The smallest absolute Gasteiger partial charge is 0.200 e. The highest BCUT2D eigenvalue weighted by Gasteiger charge is 2.24. The zero-order valence-electron chi connectivity index (χ0n) is 14.8. The molecule has 0 atom stereocenters. The number of carbonyl (C=O) groups excluding carboxylic acids is 1. The van der Waals surface area contributed by atoms with Crippen molar-refractivity contribution < 1.29 is 13.9 Å². The van der Waals surface area contributed by atoms with Crippen molar-refractivity contribution in [3.63, 3.8) is 0 Å². The molecule has 1 aromatic heterocycles. The maximum Gasteiger partial charge on any atom is 0.200 e. The van der Waals surface area contributed by atoms with Gasteiger partial charge < -0.3 is 9.15 Å². The van der Waals surface area contributed by atoms with Gasteiger partial charge in [0.2, 0.25) is 5.43 Å². The third kappa shape index (κ3) is 2.64. The van der Waals surface area contributed by atoms with Crippen molar-refractivity contribution in [1.29, 1.82) is 0 Å². The van der Waals surface area contributed by atoms with Gasteiger partial charge in [0, 0.05) is 5.56 Å². The van der Waals surface area contributed by atoms with Crippen LogP contribution in [-0.4, -0.2) is 11.4 Å². The first kappa shape index (κ1) is 16.3. The van der Waals surface area contributed by atoms with E-state index in [-0.39, 0.29) is 16.8 Å². The highest BCUT2D eigenvalue weighted by Crippen LogP contribution is 2.35. The Morgan fingerprint density at radius 1 is 1.04 bits per heavy atom. The summed E-state index contributed by atoms with van der Waals surface area (Å²) in [6.45, 7) is 5.46. The SMILES string of the molecule is CC(=O)c1ccc(-c2coc3c4c(ccc3c2=O)OC(C)(C)C=C4)cc1. The van der Waals surface area contributed by atoms with Crippen molar-refractivity contribution in [2.24, 2.45) is 0 Å². The molecule has 2 heterocycles. The highest BCUT2D eigenvalue weighted by atomic mass is 16.5. The molecule has 3 aromatic rings. The lowest BCUT2D eigenvalue weighted by Crippen LogP contribution is -2.27. The summed E-state index contributed by atoms with van der Waals surface area (Å²) in [6, 6.07) is 10.5. The van der Waals surface area contributed by atoms with Gasteiger partial charge in [0.15, 0.2) is 5.78 Å². The molecule has 4 nitrogen and oxygen atoms in total. The minimum Gasteiger partial charge on any atom is -0.483 e. The lowest BCUT2D eigenvalue weighted by molar-refractivity contribution is 0.101. The first-order valence-electron chi connectivity index (χ1n) is 8.44. The summed E-state index contributed by atoms with van der Waals surface area (Å²) in [5, 5.41) is 0.504. The molecule has 1 aliphatic rings. The summed E-state index contributed by atoms with van der Waals surface area (Å²) in [6.07, 6.45) is 5.36. The molecule has 0 aliphatic carbocycles. The van der Waals surface area contributed by atoms with Gasteiger partial charge in [0.1, 0.15) is 23.2 Å². The molecule has 0 radical (unpaired) electrons. The van der Waals surface area contributed by atoms with Crippen molar-refractivity contribution in [2.45, 2.75) is 26.4 Å². The molecule has 26 heavy (non-hydrogen) atoms. The fourth-order valence-corrected chi connectivity index (χ4v) is 3.14. The average molecular weight is 346 g/mol. The van der Waals surface area contributed by atoms with Crippen LogP contribution < -0.4 is 10.2 Å². The third-order valence-corrected chi connectivity index (χ3v) is 4.57. The van der Waals surface area contributed by atoms with Gasteiger partial charge in [-0.05, 0) is 50.6 Å². The second-order valence-electron chi connectivity index (χ2n) is 7.00. The van der Waals surface area contributed by atoms with Gasteiger partial charge in [-0.15, -0.1) is 0 Å².